The first-order valence-electron chi connectivity index (χ1n) is 6.60. The van der Waals surface area contributed by atoms with E-state index in [1.165, 1.54) is 5.69 Å². The van der Waals surface area contributed by atoms with Crippen LogP contribution >= 0.6 is 0 Å². The summed E-state index contributed by atoms with van der Waals surface area (Å²) in [6, 6.07) is 8.09. The topological polar surface area (TPSA) is 38.0 Å². The van der Waals surface area contributed by atoms with Crippen LogP contribution in [0.15, 0.2) is 36.7 Å². The summed E-state index contributed by atoms with van der Waals surface area (Å²) in [7, 11) is 0. The molecule has 1 atom stereocenters. The van der Waals surface area contributed by atoms with Crippen molar-refractivity contribution in [3.05, 3.63) is 53.6 Å². The fourth-order valence-corrected chi connectivity index (χ4v) is 2.72. The molecule has 1 N–H and O–H groups in total. The number of rotatable bonds is 3. The molecule has 94 valence electrons. The molecule has 1 aliphatic rings. The Morgan fingerprint density at radius 1 is 1.33 bits per heavy atom. The number of pyridine rings is 1. The van der Waals surface area contributed by atoms with Gasteiger partial charge in [-0.25, -0.2) is 0 Å². The quantitative estimate of drug-likeness (QED) is 0.898. The van der Waals surface area contributed by atoms with Crippen molar-refractivity contribution in [2.45, 2.75) is 38.3 Å². The molecule has 0 spiro atoms. The highest BCUT2D eigenvalue weighted by Gasteiger charge is 2.20. The molecule has 1 aliphatic carbocycles. The minimum Gasteiger partial charge on any atom is -0.388 e. The zero-order valence-corrected chi connectivity index (χ0v) is 10.4. The molecular weight excluding hydrogens is 224 g/mol. The minimum absolute atomic E-state index is 0.259. The molecule has 3 rings (SSSR count). The van der Waals surface area contributed by atoms with Crippen LogP contribution < -0.4 is 0 Å². The first-order valence-corrected chi connectivity index (χ1v) is 6.60. The summed E-state index contributed by atoms with van der Waals surface area (Å²) < 4.78 is 2.27. The summed E-state index contributed by atoms with van der Waals surface area (Å²) in [5.41, 5.74) is 3.56. The number of fused-ring (bicyclic) bond motifs is 1. The fraction of sp³-hybridized carbons (Fsp3) is 0.400. The Hall–Kier alpha value is -1.61. The van der Waals surface area contributed by atoms with Gasteiger partial charge < -0.3 is 9.67 Å². The van der Waals surface area contributed by atoms with Crippen LogP contribution in [0.5, 0.6) is 0 Å². The Bertz CT molecular complexity index is 519. The molecule has 0 saturated carbocycles. The van der Waals surface area contributed by atoms with Gasteiger partial charge in [0.25, 0.3) is 0 Å². The molecule has 1 unspecified atom stereocenters. The van der Waals surface area contributed by atoms with Gasteiger partial charge in [-0.1, -0.05) is 6.07 Å². The number of hydrogen-bond acceptors (Lipinski definition) is 2. The summed E-state index contributed by atoms with van der Waals surface area (Å²) in [5.74, 6) is 0. The van der Waals surface area contributed by atoms with E-state index in [2.05, 4.69) is 27.9 Å². The van der Waals surface area contributed by atoms with E-state index in [1.807, 2.05) is 18.3 Å². The van der Waals surface area contributed by atoms with Crippen molar-refractivity contribution in [1.29, 1.82) is 0 Å². The lowest BCUT2D eigenvalue weighted by Gasteiger charge is -2.20. The lowest BCUT2D eigenvalue weighted by molar-refractivity contribution is 0.155. The summed E-state index contributed by atoms with van der Waals surface area (Å²) in [5, 5.41) is 9.93. The third-order valence-electron chi connectivity index (χ3n) is 3.70. The molecule has 18 heavy (non-hydrogen) atoms. The molecule has 0 saturated heterocycles. The maximum Gasteiger partial charge on any atom is 0.0807 e. The van der Waals surface area contributed by atoms with Gasteiger partial charge in [-0.15, -0.1) is 0 Å². The molecule has 0 fully saturated rings. The molecule has 0 amide bonds. The van der Waals surface area contributed by atoms with Crippen LogP contribution in [0.1, 0.15) is 35.9 Å². The number of aliphatic hydroxyl groups excluding tert-OH is 1. The highest BCUT2D eigenvalue weighted by Crippen LogP contribution is 2.30. The van der Waals surface area contributed by atoms with Gasteiger partial charge in [-0.3, -0.25) is 4.98 Å². The van der Waals surface area contributed by atoms with Crippen LogP contribution in [0.4, 0.5) is 0 Å². The molecule has 0 aliphatic heterocycles. The van der Waals surface area contributed by atoms with Gasteiger partial charge in [0.1, 0.15) is 0 Å². The zero-order chi connectivity index (χ0) is 12.4. The highest BCUT2D eigenvalue weighted by molar-refractivity contribution is 5.27. The number of aryl methyl sites for hydroxylation is 2. The van der Waals surface area contributed by atoms with Crippen LogP contribution in [0.25, 0.3) is 0 Å². The van der Waals surface area contributed by atoms with Crippen molar-refractivity contribution in [3.8, 4) is 0 Å². The zero-order valence-electron chi connectivity index (χ0n) is 10.4. The molecule has 0 bridgehead atoms. The summed E-state index contributed by atoms with van der Waals surface area (Å²) in [6.45, 7) is 0.944. The molecular formula is C15H18N2O. The van der Waals surface area contributed by atoms with Crippen molar-refractivity contribution in [1.82, 2.24) is 9.55 Å². The summed E-state index contributed by atoms with van der Waals surface area (Å²) in [4.78, 5) is 4.34. The second kappa shape index (κ2) is 4.94. The third-order valence-corrected chi connectivity index (χ3v) is 3.70. The monoisotopic (exact) mass is 242 g/mol. The van der Waals surface area contributed by atoms with E-state index in [1.54, 1.807) is 0 Å². The van der Waals surface area contributed by atoms with Crippen molar-refractivity contribution in [3.63, 3.8) is 0 Å². The summed E-state index contributed by atoms with van der Waals surface area (Å²) >= 11 is 0. The second-order valence-electron chi connectivity index (χ2n) is 4.89. The Kier molecular flexibility index (Phi) is 3.15. The third kappa shape index (κ3) is 2.18. The average molecular weight is 242 g/mol. The first kappa shape index (κ1) is 11.5. The maximum absolute atomic E-state index is 9.93. The lowest BCUT2D eigenvalue weighted by atomic mass is 9.95. The van der Waals surface area contributed by atoms with E-state index < -0.39 is 0 Å². The predicted molar refractivity (Wildman–Crippen MR) is 70.3 cm³/mol. The maximum atomic E-state index is 9.93. The molecule has 0 aromatic carbocycles. The molecule has 2 heterocycles. The molecule has 3 heteroatoms. The minimum atomic E-state index is -0.259. The van der Waals surface area contributed by atoms with Crippen LogP contribution in [-0.2, 0) is 19.4 Å². The predicted octanol–water partition coefficient (Wildman–Crippen LogP) is 2.50. The van der Waals surface area contributed by atoms with Crippen LogP contribution in [0.2, 0.25) is 0 Å². The molecule has 3 nitrogen and oxygen atoms in total. The number of nitrogens with zero attached hydrogens (tertiary/aromatic N) is 2. The van der Waals surface area contributed by atoms with Crippen molar-refractivity contribution < 1.29 is 5.11 Å². The van der Waals surface area contributed by atoms with E-state index in [0.29, 0.717) is 0 Å². The highest BCUT2D eigenvalue weighted by atomic mass is 16.3. The van der Waals surface area contributed by atoms with E-state index >= 15 is 0 Å². The van der Waals surface area contributed by atoms with Gasteiger partial charge in [0.05, 0.1) is 6.10 Å². The van der Waals surface area contributed by atoms with Crippen LogP contribution in [0, 0.1) is 0 Å². The van der Waals surface area contributed by atoms with Gasteiger partial charge in [0, 0.05) is 42.3 Å². The number of aliphatic hydroxyl groups is 1. The number of hydrogen-bond donors (Lipinski definition) is 1. The van der Waals surface area contributed by atoms with Gasteiger partial charge in [0.15, 0.2) is 0 Å². The standard InChI is InChI=1S/C15H18N2O/c18-15-6-3-5-14-13(15)8-11-17(14)10-7-12-4-1-2-9-16-12/h1-2,4,8-9,11,15,18H,3,5-7,10H2. The van der Waals surface area contributed by atoms with Gasteiger partial charge in [-0.05, 0) is 37.5 Å². The van der Waals surface area contributed by atoms with E-state index in [-0.39, 0.29) is 6.10 Å². The van der Waals surface area contributed by atoms with Crippen LogP contribution in [0.3, 0.4) is 0 Å². The lowest BCUT2D eigenvalue weighted by Crippen LogP contribution is -2.13. The Labute approximate surface area is 107 Å². The van der Waals surface area contributed by atoms with Crippen molar-refractivity contribution in [2.24, 2.45) is 0 Å². The van der Waals surface area contributed by atoms with Gasteiger partial charge in [0.2, 0.25) is 0 Å². The normalized spacial score (nSPS) is 18.6. The number of aromatic nitrogens is 2. The summed E-state index contributed by atoms with van der Waals surface area (Å²) in [6.07, 6.45) is 7.69. The molecule has 2 aromatic rings. The van der Waals surface area contributed by atoms with Crippen LogP contribution in [-0.4, -0.2) is 14.7 Å². The van der Waals surface area contributed by atoms with Gasteiger partial charge in [-0.2, -0.15) is 0 Å². The Morgan fingerprint density at radius 3 is 3.11 bits per heavy atom. The largest absolute Gasteiger partial charge is 0.388 e. The van der Waals surface area contributed by atoms with Crippen molar-refractivity contribution in [2.75, 3.05) is 0 Å². The van der Waals surface area contributed by atoms with E-state index in [4.69, 9.17) is 0 Å². The SMILES string of the molecule is OC1CCCc2c1ccn2CCc1ccccn1. The Morgan fingerprint density at radius 2 is 2.28 bits per heavy atom. The second-order valence-corrected chi connectivity index (χ2v) is 4.89. The van der Waals surface area contributed by atoms with E-state index in [0.717, 1.165) is 43.5 Å². The smallest absolute Gasteiger partial charge is 0.0807 e. The van der Waals surface area contributed by atoms with Crippen molar-refractivity contribution >= 4 is 0 Å². The molecule has 0 radical (unpaired) electrons. The molecule has 2 aromatic heterocycles. The Balaban J connectivity index is 1.74. The van der Waals surface area contributed by atoms with Gasteiger partial charge >= 0.3 is 0 Å². The average Bonchev–Trinajstić information content (AvgIpc) is 2.82. The fourth-order valence-electron chi connectivity index (χ4n) is 2.72. The first-order chi connectivity index (χ1) is 8.84. The van der Waals surface area contributed by atoms with E-state index in [9.17, 15) is 5.11 Å².